The average molecular weight is 460 g/mol. The minimum Gasteiger partial charge on any atom is -0.324 e. The zero-order valence-corrected chi connectivity index (χ0v) is 17.3. The van der Waals surface area contributed by atoms with Crippen LogP contribution in [0.15, 0.2) is 53.9 Å². The molecule has 0 saturated heterocycles. The fraction of sp³-hybridized carbons (Fsp3) is 0.158. The number of nitrogens with one attached hydrogen (secondary N) is 1. The first-order valence-electron chi connectivity index (χ1n) is 8.25. The molecule has 1 aromatic heterocycles. The highest BCUT2D eigenvalue weighted by Gasteiger charge is 2.34. The van der Waals surface area contributed by atoms with Crippen molar-refractivity contribution in [1.82, 2.24) is 9.55 Å². The van der Waals surface area contributed by atoms with Gasteiger partial charge in [0.25, 0.3) is 0 Å². The van der Waals surface area contributed by atoms with Gasteiger partial charge in [-0.15, -0.1) is 0 Å². The summed E-state index contributed by atoms with van der Waals surface area (Å²) in [5.74, 6) is -0.787. The standard InChI is InChI=1S/C19H14Cl2F3N3OS/c1-11-13(20)5-3-7-15(11)27-9-8-25-18(27)29-10-16(28)26-17-12(19(22,23)24)4-2-6-14(17)21/h2-9H,10H2,1H3,(H,26,28). The van der Waals surface area contributed by atoms with Crippen LogP contribution in [0.3, 0.4) is 0 Å². The monoisotopic (exact) mass is 459 g/mol. The number of imidazole rings is 1. The molecule has 0 aliphatic heterocycles. The van der Waals surface area contributed by atoms with Crippen LogP contribution < -0.4 is 5.32 Å². The molecule has 2 aromatic carbocycles. The SMILES string of the molecule is Cc1c(Cl)cccc1-n1ccnc1SCC(=O)Nc1c(Cl)cccc1C(F)(F)F. The lowest BCUT2D eigenvalue weighted by atomic mass is 10.1. The van der Waals surface area contributed by atoms with Crippen LogP contribution in [-0.4, -0.2) is 21.2 Å². The third-order valence-electron chi connectivity index (χ3n) is 4.02. The van der Waals surface area contributed by atoms with E-state index in [4.69, 9.17) is 23.2 Å². The number of amides is 1. The summed E-state index contributed by atoms with van der Waals surface area (Å²) in [6.07, 6.45) is -1.36. The van der Waals surface area contributed by atoms with Gasteiger partial charge in [-0.1, -0.05) is 47.1 Å². The van der Waals surface area contributed by atoms with Crippen molar-refractivity contribution in [3.05, 3.63) is 70.0 Å². The van der Waals surface area contributed by atoms with E-state index in [1.807, 2.05) is 13.0 Å². The van der Waals surface area contributed by atoms with Gasteiger partial charge in [0.2, 0.25) is 5.91 Å². The Morgan fingerprint density at radius 2 is 1.86 bits per heavy atom. The van der Waals surface area contributed by atoms with Crippen molar-refractivity contribution in [2.45, 2.75) is 18.3 Å². The summed E-state index contributed by atoms with van der Waals surface area (Å²) >= 11 is 13.1. The molecule has 4 nitrogen and oxygen atoms in total. The summed E-state index contributed by atoms with van der Waals surface area (Å²) in [6.45, 7) is 1.86. The number of hydrogen-bond acceptors (Lipinski definition) is 3. The molecule has 3 aromatic rings. The first kappa shape index (κ1) is 21.5. The Labute approximate surface area is 179 Å². The number of thioether (sulfide) groups is 1. The van der Waals surface area contributed by atoms with Gasteiger partial charge in [-0.3, -0.25) is 9.36 Å². The number of benzene rings is 2. The maximum Gasteiger partial charge on any atom is 0.418 e. The number of anilines is 1. The largest absolute Gasteiger partial charge is 0.418 e. The number of halogens is 5. The van der Waals surface area contributed by atoms with E-state index in [0.29, 0.717) is 10.2 Å². The number of para-hydroxylation sites is 1. The van der Waals surface area contributed by atoms with E-state index in [1.54, 1.807) is 29.1 Å². The Morgan fingerprint density at radius 1 is 1.17 bits per heavy atom. The molecule has 1 N–H and O–H groups in total. The topological polar surface area (TPSA) is 46.9 Å². The van der Waals surface area contributed by atoms with Gasteiger partial charge < -0.3 is 5.32 Å². The van der Waals surface area contributed by atoms with E-state index in [1.165, 1.54) is 12.1 Å². The highest BCUT2D eigenvalue weighted by molar-refractivity contribution is 7.99. The molecule has 0 aliphatic rings. The smallest absolute Gasteiger partial charge is 0.324 e. The molecule has 1 heterocycles. The minimum absolute atomic E-state index is 0.154. The second-order valence-electron chi connectivity index (χ2n) is 5.96. The summed E-state index contributed by atoms with van der Waals surface area (Å²) in [7, 11) is 0. The van der Waals surface area contributed by atoms with Crippen molar-refractivity contribution in [2.24, 2.45) is 0 Å². The molecule has 0 fully saturated rings. The lowest BCUT2D eigenvalue weighted by Gasteiger charge is -2.15. The van der Waals surface area contributed by atoms with Gasteiger partial charge in [-0.25, -0.2) is 4.98 Å². The molecule has 29 heavy (non-hydrogen) atoms. The quantitative estimate of drug-likeness (QED) is 0.459. The number of carbonyl (C=O) groups excluding carboxylic acids is 1. The third-order valence-corrected chi connectivity index (χ3v) is 5.71. The van der Waals surface area contributed by atoms with E-state index in [9.17, 15) is 18.0 Å². The van der Waals surface area contributed by atoms with E-state index >= 15 is 0 Å². The molecule has 1 amide bonds. The van der Waals surface area contributed by atoms with Crippen LogP contribution in [0.4, 0.5) is 18.9 Å². The lowest BCUT2D eigenvalue weighted by molar-refractivity contribution is -0.137. The molecule has 3 rings (SSSR count). The minimum atomic E-state index is -4.64. The van der Waals surface area contributed by atoms with E-state index in [0.717, 1.165) is 29.1 Å². The second-order valence-corrected chi connectivity index (χ2v) is 7.72. The zero-order valence-electron chi connectivity index (χ0n) is 14.9. The molecular formula is C19H14Cl2F3N3OS. The summed E-state index contributed by atoms with van der Waals surface area (Å²) in [6, 6.07) is 8.74. The zero-order chi connectivity index (χ0) is 21.2. The van der Waals surface area contributed by atoms with E-state index < -0.39 is 23.3 Å². The number of hydrogen-bond donors (Lipinski definition) is 1. The van der Waals surface area contributed by atoms with Crippen LogP contribution in [0, 0.1) is 6.92 Å². The number of rotatable bonds is 5. The van der Waals surface area contributed by atoms with Gasteiger partial charge in [0.15, 0.2) is 5.16 Å². The molecule has 0 atom stereocenters. The van der Waals surface area contributed by atoms with Crippen LogP contribution >= 0.6 is 35.0 Å². The predicted octanol–water partition coefficient (Wildman–Crippen LogP) is 6.24. The molecule has 0 radical (unpaired) electrons. The maximum atomic E-state index is 13.2. The van der Waals surface area contributed by atoms with Gasteiger partial charge in [-0.2, -0.15) is 13.2 Å². The Kier molecular flexibility index (Phi) is 6.45. The summed E-state index contributed by atoms with van der Waals surface area (Å²) in [5, 5.41) is 3.16. The molecule has 10 heteroatoms. The predicted molar refractivity (Wildman–Crippen MR) is 109 cm³/mol. The van der Waals surface area contributed by atoms with E-state index in [-0.39, 0.29) is 10.8 Å². The summed E-state index contributed by atoms with van der Waals surface area (Å²) < 4.78 is 41.2. The molecule has 0 spiro atoms. The van der Waals surface area contributed by atoms with Crippen LogP contribution in [0.5, 0.6) is 0 Å². The van der Waals surface area contributed by atoms with Gasteiger partial charge >= 0.3 is 6.18 Å². The van der Waals surface area contributed by atoms with Gasteiger partial charge in [-0.05, 0) is 36.8 Å². The van der Waals surface area contributed by atoms with Crippen molar-refractivity contribution >= 4 is 46.6 Å². The van der Waals surface area contributed by atoms with Crippen molar-refractivity contribution in [1.29, 1.82) is 0 Å². The van der Waals surface area contributed by atoms with Crippen molar-refractivity contribution in [2.75, 3.05) is 11.1 Å². The Morgan fingerprint density at radius 3 is 2.59 bits per heavy atom. The van der Waals surface area contributed by atoms with Gasteiger partial charge in [0.1, 0.15) is 0 Å². The van der Waals surface area contributed by atoms with Crippen molar-refractivity contribution < 1.29 is 18.0 Å². The van der Waals surface area contributed by atoms with Crippen molar-refractivity contribution in [3.63, 3.8) is 0 Å². The summed E-state index contributed by atoms with van der Waals surface area (Å²) in [4.78, 5) is 16.5. The molecule has 0 unspecified atom stereocenters. The molecule has 0 aliphatic carbocycles. The molecule has 152 valence electrons. The van der Waals surface area contributed by atoms with Crippen molar-refractivity contribution in [3.8, 4) is 5.69 Å². The van der Waals surface area contributed by atoms with Crippen LogP contribution in [-0.2, 0) is 11.0 Å². The average Bonchev–Trinajstić information content (AvgIpc) is 3.11. The Bertz CT molecular complexity index is 1050. The van der Waals surface area contributed by atoms with Crippen LogP contribution in [0.25, 0.3) is 5.69 Å². The molecular weight excluding hydrogens is 446 g/mol. The first-order valence-corrected chi connectivity index (χ1v) is 10.00. The Hall–Kier alpha value is -2.16. The molecule has 0 bridgehead atoms. The number of carbonyl (C=O) groups is 1. The number of aromatic nitrogens is 2. The van der Waals surface area contributed by atoms with Gasteiger partial charge in [0.05, 0.1) is 27.7 Å². The van der Waals surface area contributed by atoms with Crippen LogP contribution in [0.1, 0.15) is 11.1 Å². The fourth-order valence-corrected chi connectivity index (χ4v) is 3.79. The lowest BCUT2D eigenvalue weighted by Crippen LogP contribution is -2.18. The number of nitrogens with zero attached hydrogens (tertiary/aromatic N) is 2. The maximum absolute atomic E-state index is 13.2. The van der Waals surface area contributed by atoms with Gasteiger partial charge in [0, 0.05) is 17.4 Å². The highest BCUT2D eigenvalue weighted by atomic mass is 35.5. The fourth-order valence-electron chi connectivity index (χ4n) is 2.63. The number of alkyl halides is 3. The summed E-state index contributed by atoms with van der Waals surface area (Å²) in [5.41, 5.74) is 0.174. The third kappa shape index (κ3) is 4.88. The Balaban J connectivity index is 1.76. The van der Waals surface area contributed by atoms with Crippen LogP contribution in [0.2, 0.25) is 10.0 Å². The molecule has 0 saturated carbocycles. The second kappa shape index (κ2) is 8.69. The normalized spacial score (nSPS) is 11.5. The highest BCUT2D eigenvalue weighted by Crippen LogP contribution is 2.38. The van der Waals surface area contributed by atoms with E-state index in [2.05, 4.69) is 10.3 Å². The first-order chi connectivity index (χ1) is 13.7.